The van der Waals surface area contributed by atoms with Gasteiger partial charge in [0.1, 0.15) is 5.82 Å². The molecule has 0 spiro atoms. The minimum atomic E-state index is -0.331. The van der Waals surface area contributed by atoms with Gasteiger partial charge in [-0.2, -0.15) is 5.10 Å². The highest BCUT2D eigenvalue weighted by Gasteiger charge is 2.21. The first-order valence-electron chi connectivity index (χ1n) is 8.96. The van der Waals surface area contributed by atoms with E-state index in [1.54, 1.807) is 6.07 Å². The summed E-state index contributed by atoms with van der Waals surface area (Å²) in [6.07, 6.45) is 2.74. The van der Waals surface area contributed by atoms with Gasteiger partial charge in [-0.3, -0.25) is 0 Å². The average molecular weight is 452 g/mol. The quantitative estimate of drug-likeness (QED) is 0.298. The molecule has 1 aliphatic rings. The minimum Gasteiger partial charge on any atom is -0.378 e. The van der Waals surface area contributed by atoms with E-state index in [-0.39, 0.29) is 5.82 Å². The second-order valence-corrected chi connectivity index (χ2v) is 8.76. The fourth-order valence-corrected chi connectivity index (χ4v) is 4.64. The van der Waals surface area contributed by atoms with Crippen LogP contribution in [0.15, 0.2) is 45.4 Å². The molecule has 0 bridgehead atoms. The number of nitrogens with zero attached hydrogens (tertiary/aromatic N) is 4. The summed E-state index contributed by atoms with van der Waals surface area (Å²) in [6, 6.07) is 9.63. The Bertz CT molecular complexity index is 935. The molecule has 0 aromatic heterocycles. The molecular weight excluding hydrogens is 429 g/mol. The molecular formula is C20H23ClFN5S2. The van der Waals surface area contributed by atoms with Crippen molar-refractivity contribution >= 4 is 58.6 Å². The number of amidine groups is 1. The molecule has 0 radical (unpaired) electrons. The number of thioether (sulfide) groups is 1. The molecule has 9 heteroatoms. The van der Waals surface area contributed by atoms with E-state index in [9.17, 15) is 4.39 Å². The number of benzene rings is 2. The van der Waals surface area contributed by atoms with Crippen LogP contribution in [0.5, 0.6) is 0 Å². The van der Waals surface area contributed by atoms with Gasteiger partial charge in [-0.15, -0.1) is 5.10 Å². The van der Waals surface area contributed by atoms with Crippen LogP contribution in [-0.4, -0.2) is 38.8 Å². The molecule has 5 nitrogen and oxygen atoms in total. The van der Waals surface area contributed by atoms with E-state index < -0.39 is 0 Å². The number of hydrogen-bond acceptors (Lipinski definition) is 6. The first-order chi connectivity index (χ1) is 13.9. The van der Waals surface area contributed by atoms with E-state index in [2.05, 4.69) is 49.6 Å². The van der Waals surface area contributed by atoms with E-state index in [0.717, 1.165) is 24.9 Å². The lowest BCUT2D eigenvalue weighted by Gasteiger charge is -2.32. The molecule has 154 valence electrons. The van der Waals surface area contributed by atoms with Crippen molar-refractivity contribution < 1.29 is 4.39 Å². The van der Waals surface area contributed by atoms with E-state index in [1.807, 2.05) is 20.4 Å². The summed E-state index contributed by atoms with van der Waals surface area (Å²) in [6.45, 7) is 4.83. The van der Waals surface area contributed by atoms with Crippen LogP contribution in [0, 0.1) is 5.82 Å². The predicted molar refractivity (Wildman–Crippen MR) is 126 cm³/mol. The van der Waals surface area contributed by atoms with Crippen molar-refractivity contribution in [1.29, 1.82) is 0 Å². The standard InChI is InChI=1S/C20H23ClFN5S2/c1-23-24-20(28-4)25-29-19-10-16(21)18(11-17(19)22)27-8-7-13-9-15(26(2)3)6-5-14(13)12-27/h5-6,9-11H,1,7-8,12H2,2-4H3,(H,24,25). The van der Waals surface area contributed by atoms with Crippen LogP contribution in [0.3, 0.4) is 0 Å². The second-order valence-electron chi connectivity index (χ2n) is 6.71. The van der Waals surface area contributed by atoms with Crippen molar-refractivity contribution in [3.63, 3.8) is 0 Å². The normalized spacial score (nSPS) is 13.8. The topological polar surface area (TPSA) is 43.2 Å². The lowest BCUT2D eigenvalue weighted by molar-refractivity contribution is 0.599. The number of anilines is 2. The lowest BCUT2D eigenvalue weighted by Crippen LogP contribution is -2.30. The molecule has 0 saturated carbocycles. The third-order valence-corrected chi connectivity index (χ3v) is 6.49. The molecule has 0 amide bonds. The zero-order valence-corrected chi connectivity index (χ0v) is 19.0. The molecule has 1 heterocycles. The van der Waals surface area contributed by atoms with Gasteiger partial charge in [0.2, 0.25) is 0 Å². The molecule has 0 atom stereocenters. The van der Waals surface area contributed by atoms with Crippen LogP contribution < -0.4 is 14.5 Å². The van der Waals surface area contributed by atoms with Crippen molar-refractivity contribution in [2.75, 3.05) is 36.7 Å². The van der Waals surface area contributed by atoms with Crippen molar-refractivity contribution in [2.24, 2.45) is 10.2 Å². The SMILES string of the molecule is C=N/N=C(/NSc1cc(Cl)c(N2CCc3cc(N(C)C)ccc3C2)cc1F)SC. The molecule has 0 unspecified atom stereocenters. The van der Waals surface area contributed by atoms with Gasteiger partial charge in [-0.1, -0.05) is 29.4 Å². The van der Waals surface area contributed by atoms with Gasteiger partial charge in [0.05, 0.1) is 15.6 Å². The highest BCUT2D eigenvalue weighted by atomic mass is 35.5. The Hall–Kier alpha value is -1.90. The number of halogens is 2. The van der Waals surface area contributed by atoms with Gasteiger partial charge in [0.15, 0.2) is 5.17 Å². The van der Waals surface area contributed by atoms with Gasteiger partial charge < -0.3 is 14.5 Å². The Morgan fingerprint density at radius 3 is 2.76 bits per heavy atom. The fraction of sp³-hybridized carbons (Fsp3) is 0.300. The minimum absolute atomic E-state index is 0.331. The van der Waals surface area contributed by atoms with Crippen molar-refractivity contribution in [3.05, 3.63) is 52.3 Å². The maximum Gasteiger partial charge on any atom is 0.192 e. The Morgan fingerprint density at radius 1 is 1.28 bits per heavy atom. The van der Waals surface area contributed by atoms with Gasteiger partial charge in [0, 0.05) is 39.6 Å². The van der Waals surface area contributed by atoms with E-state index in [4.69, 9.17) is 11.6 Å². The highest BCUT2D eigenvalue weighted by Crippen LogP contribution is 2.35. The maximum atomic E-state index is 14.7. The largest absolute Gasteiger partial charge is 0.378 e. The Labute approximate surface area is 184 Å². The van der Waals surface area contributed by atoms with Crippen LogP contribution in [0.1, 0.15) is 11.1 Å². The summed E-state index contributed by atoms with van der Waals surface area (Å²) < 4.78 is 17.7. The van der Waals surface area contributed by atoms with Crippen LogP contribution in [-0.2, 0) is 13.0 Å². The molecule has 29 heavy (non-hydrogen) atoms. The average Bonchev–Trinajstić information content (AvgIpc) is 2.72. The molecule has 1 N–H and O–H groups in total. The van der Waals surface area contributed by atoms with E-state index in [0.29, 0.717) is 27.3 Å². The highest BCUT2D eigenvalue weighted by molar-refractivity contribution is 8.14. The molecule has 3 rings (SSSR count). The molecule has 0 fully saturated rings. The molecule has 2 aromatic carbocycles. The number of fused-ring (bicyclic) bond motifs is 1. The van der Waals surface area contributed by atoms with Crippen molar-refractivity contribution in [1.82, 2.24) is 4.72 Å². The summed E-state index contributed by atoms with van der Waals surface area (Å²) in [5.74, 6) is -0.331. The monoisotopic (exact) mass is 451 g/mol. The zero-order chi connectivity index (χ0) is 21.0. The predicted octanol–water partition coefficient (Wildman–Crippen LogP) is 5.04. The summed E-state index contributed by atoms with van der Waals surface area (Å²) in [5, 5.41) is 8.37. The van der Waals surface area contributed by atoms with Crippen molar-refractivity contribution in [2.45, 2.75) is 17.9 Å². The van der Waals surface area contributed by atoms with Gasteiger partial charge in [0.25, 0.3) is 0 Å². The first kappa shape index (κ1) is 21.8. The fourth-order valence-electron chi connectivity index (χ4n) is 3.13. The first-order valence-corrected chi connectivity index (χ1v) is 11.4. The second kappa shape index (κ2) is 9.73. The summed E-state index contributed by atoms with van der Waals surface area (Å²) in [5.41, 5.74) is 4.48. The van der Waals surface area contributed by atoms with Gasteiger partial charge >= 0.3 is 0 Å². The molecule has 2 aromatic rings. The lowest BCUT2D eigenvalue weighted by atomic mass is 9.98. The van der Waals surface area contributed by atoms with E-state index >= 15 is 0 Å². The number of nitrogens with one attached hydrogen (secondary N) is 1. The Morgan fingerprint density at radius 2 is 2.07 bits per heavy atom. The molecule has 1 aliphatic heterocycles. The maximum absolute atomic E-state index is 14.7. The van der Waals surface area contributed by atoms with Crippen LogP contribution in [0.4, 0.5) is 15.8 Å². The summed E-state index contributed by atoms with van der Waals surface area (Å²) in [7, 11) is 4.07. The van der Waals surface area contributed by atoms with Crippen molar-refractivity contribution in [3.8, 4) is 0 Å². The Balaban J connectivity index is 1.77. The smallest absolute Gasteiger partial charge is 0.192 e. The van der Waals surface area contributed by atoms with E-state index in [1.165, 1.54) is 34.6 Å². The molecule has 0 aliphatic carbocycles. The summed E-state index contributed by atoms with van der Waals surface area (Å²) >= 11 is 8.99. The third-order valence-electron chi connectivity index (χ3n) is 4.66. The van der Waals surface area contributed by atoms with Crippen LogP contribution >= 0.6 is 35.3 Å². The van der Waals surface area contributed by atoms with Gasteiger partial charge in [-0.25, -0.2) is 4.39 Å². The third kappa shape index (κ3) is 5.18. The van der Waals surface area contributed by atoms with Crippen LogP contribution in [0.25, 0.3) is 0 Å². The summed E-state index contributed by atoms with van der Waals surface area (Å²) in [4.78, 5) is 4.63. The number of hydrogen-bond donors (Lipinski definition) is 1. The molecule has 0 saturated heterocycles. The number of rotatable bonds is 5. The van der Waals surface area contributed by atoms with Crippen LogP contribution in [0.2, 0.25) is 5.02 Å². The Kier molecular flexibility index (Phi) is 7.32. The van der Waals surface area contributed by atoms with Gasteiger partial charge in [-0.05, 0) is 60.0 Å². The zero-order valence-electron chi connectivity index (χ0n) is 16.6.